The van der Waals surface area contributed by atoms with Gasteiger partial charge in [0.05, 0.1) is 25.5 Å². The fraction of sp³-hybridized carbons (Fsp3) is 0.0769. The monoisotopic (exact) mass is 455 g/mol. The van der Waals surface area contributed by atoms with Gasteiger partial charge in [0.2, 0.25) is 10.7 Å². The summed E-state index contributed by atoms with van der Waals surface area (Å²) in [5.74, 6) is 1.39. The molecule has 0 aliphatic rings. The van der Waals surface area contributed by atoms with Gasteiger partial charge in [-0.1, -0.05) is 30.3 Å². The Hall–Kier alpha value is -4.10. The predicted octanol–water partition coefficient (Wildman–Crippen LogP) is 5.90. The lowest BCUT2D eigenvalue weighted by Gasteiger charge is -2.08. The van der Waals surface area contributed by atoms with Crippen LogP contribution in [0.3, 0.4) is 0 Å². The summed E-state index contributed by atoms with van der Waals surface area (Å²) in [6.45, 7) is 0. The number of aromatic amines is 1. The molecule has 0 saturated heterocycles. The molecule has 0 unspecified atom stereocenters. The lowest BCUT2D eigenvalue weighted by molar-refractivity contribution is 0.406. The first-order valence-corrected chi connectivity index (χ1v) is 10.7. The number of rotatable bonds is 4. The van der Waals surface area contributed by atoms with E-state index in [2.05, 4.69) is 27.4 Å². The molecule has 0 radical (unpaired) electrons. The van der Waals surface area contributed by atoms with E-state index in [-0.39, 0.29) is 5.11 Å². The fourth-order valence-electron chi connectivity index (χ4n) is 3.70. The minimum atomic E-state index is 0.274. The summed E-state index contributed by atoms with van der Waals surface area (Å²) in [5.41, 5.74) is 4.50. The zero-order valence-electron chi connectivity index (χ0n) is 18.1. The number of thiocarbonyl (C=S) groups is 1. The van der Waals surface area contributed by atoms with Crippen LogP contribution in [-0.4, -0.2) is 24.3 Å². The van der Waals surface area contributed by atoms with Gasteiger partial charge in [-0.25, -0.2) is 0 Å². The number of methoxy groups -OCH3 is 2. The number of anilines is 1. The van der Waals surface area contributed by atoms with Crippen molar-refractivity contribution in [1.82, 2.24) is 4.98 Å². The first-order valence-electron chi connectivity index (χ1n) is 10.3. The number of para-hydroxylation sites is 2. The van der Waals surface area contributed by atoms with Crippen LogP contribution in [0.4, 0.5) is 5.69 Å². The molecule has 2 heterocycles. The Morgan fingerprint density at radius 3 is 2.45 bits per heavy atom. The molecule has 0 saturated carbocycles. The smallest absolute Gasteiger partial charge is 0.231 e. The van der Waals surface area contributed by atoms with Crippen LogP contribution in [0, 0.1) is 0 Å². The second-order valence-electron chi connectivity index (χ2n) is 7.38. The van der Waals surface area contributed by atoms with Gasteiger partial charge in [-0.15, -0.1) is 0 Å². The summed E-state index contributed by atoms with van der Waals surface area (Å²) in [7, 11) is 3.24. The fourth-order valence-corrected chi connectivity index (χ4v) is 3.90. The molecular formula is C26H21N3O3S. The van der Waals surface area contributed by atoms with Gasteiger partial charge in [-0.05, 0) is 60.7 Å². The van der Waals surface area contributed by atoms with Gasteiger partial charge in [-0.3, -0.25) is 0 Å². The van der Waals surface area contributed by atoms with E-state index in [4.69, 9.17) is 26.1 Å². The van der Waals surface area contributed by atoms with Gasteiger partial charge in [0, 0.05) is 22.0 Å². The second kappa shape index (κ2) is 8.80. The third kappa shape index (κ3) is 4.18. The van der Waals surface area contributed by atoms with Crippen LogP contribution >= 0.6 is 12.2 Å². The lowest BCUT2D eigenvalue weighted by atomic mass is 10.1. The van der Waals surface area contributed by atoms with E-state index in [0.717, 1.165) is 39.0 Å². The summed E-state index contributed by atoms with van der Waals surface area (Å²) in [4.78, 5) is 8.07. The van der Waals surface area contributed by atoms with E-state index < -0.39 is 0 Å². The van der Waals surface area contributed by atoms with Crippen molar-refractivity contribution in [1.29, 1.82) is 0 Å². The molecule has 164 valence electrons. The predicted molar refractivity (Wildman–Crippen MR) is 135 cm³/mol. The highest BCUT2D eigenvalue weighted by atomic mass is 32.1. The molecule has 0 fully saturated rings. The van der Waals surface area contributed by atoms with Crippen LogP contribution in [0.25, 0.3) is 33.1 Å². The van der Waals surface area contributed by atoms with Crippen LogP contribution in [-0.2, 0) is 0 Å². The van der Waals surface area contributed by atoms with Crippen molar-refractivity contribution >= 4 is 44.9 Å². The molecule has 0 amide bonds. The van der Waals surface area contributed by atoms with Crippen molar-refractivity contribution in [2.75, 3.05) is 19.5 Å². The van der Waals surface area contributed by atoms with Crippen molar-refractivity contribution in [3.05, 3.63) is 84.4 Å². The SMILES string of the molecule is COc1ccc(NC(=S)/N=c2\oc3c(OC)cccc3cc2-c2cc3ccccc3[nH]2)cc1. The van der Waals surface area contributed by atoms with E-state index >= 15 is 0 Å². The van der Waals surface area contributed by atoms with E-state index in [9.17, 15) is 0 Å². The van der Waals surface area contributed by atoms with Crippen molar-refractivity contribution in [2.24, 2.45) is 4.99 Å². The van der Waals surface area contributed by atoms with Gasteiger partial charge < -0.3 is 24.2 Å². The Morgan fingerprint density at radius 1 is 0.909 bits per heavy atom. The van der Waals surface area contributed by atoms with E-state index in [1.54, 1.807) is 14.2 Å². The third-order valence-electron chi connectivity index (χ3n) is 5.32. The third-order valence-corrected chi connectivity index (χ3v) is 5.52. The molecule has 7 heteroatoms. The molecule has 5 rings (SSSR count). The molecule has 2 N–H and O–H groups in total. The van der Waals surface area contributed by atoms with Crippen molar-refractivity contribution in [3.8, 4) is 22.8 Å². The summed E-state index contributed by atoms with van der Waals surface area (Å²) in [6, 6.07) is 25.4. The molecule has 0 atom stereocenters. The zero-order valence-corrected chi connectivity index (χ0v) is 18.9. The molecule has 0 aliphatic heterocycles. The number of hydrogen-bond acceptors (Lipinski definition) is 4. The Kier molecular flexibility index (Phi) is 5.54. The quantitative estimate of drug-likeness (QED) is 0.330. The van der Waals surface area contributed by atoms with Crippen molar-refractivity contribution in [2.45, 2.75) is 0 Å². The maximum absolute atomic E-state index is 6.25. The first kappa shape index (κ1) is 20.8. The second-order valence-corrected chi connectivity index (χ2v) is 7.77. The molecule has 6 nitrogen and oxygen atoms in total. The number of aromatic nitrogens is 1. The summed E-state index contributed by atoms with van der Waals surface area (Å²) in [5, 5.41) is 5.40. The van der Waals surface area contributed by atoms with Crippen LogP contribution in [0.1, 0.15) is 0 Å². The first-order chi connectivity index (χ1) is 16.1. The highest BCUT2D eigenvalue weighted by Gasteiger charge is 2.13. The van der Waals surface area contributed by atoms with Crippen LogP contribution < -0.4 is 20.3 Å². The molecule has 0 bridgehead atoms. The highest BCUT2D eigenvalue weighted by molar-refractivity contribution is 7.80. The maximum atomic E-state index is 6.25. The average Bonchev–Trinajstić information content (AvgIpc) is 3.28. The number of nitrogens with one attached hydrogen (secondary N) is 2. The molecule has 5 aromatic rings. The normalized spacial score (nSPS) is 11.6. The number of ether oxygens (including phenoxy) is 2. The molecule has 3 aromatic carbocycles. The number of hydrogen-bond donors (Lipinski definition) is 2. The van der Waals surface area contributed by atoms with Gasteiger partial charge in [0.25, 0.3) is 0 Å². The van der Waals surface area contributed by atoms with Crippen molar-refractivity contribution in [3.63, 3.8) is 0 Å². The minimum absolute atomic E-state index is 0.274. The topological polar surface area (TPSA) is 71.8 Å². The standard InChI is InChI=1S/C26H21N3O3S/c1-30-19-12-10-18(11-13-19)27-26(33)29-25-20(22-15-16-6-3-4-8-21(16)28-22)14-17-7-5-9-23(31-2)24(17)32-25/h3-15,28H,1-2H3,(H,27,33)/b29-25-. The lowest BCUT2D eigenvalue weighted by Crippen LogP contribution is -2.14. The summed E-state index contributed by atoms with van der Waals surface area (Å²) in [6.07, 6.45) is 0. The number of H-pyrrole nitrogens is 1. The number of nitrogens with zero attached hydrogens (tertiary/aromatic N) is 1. The molecule has 33 heavy (non-hydrogen) atoms. The Labute approximate surface area is 195 Å². The van der Waals surface area contributed by atoms with Crippen LogP contribution in [0.5, 0.6) is 11.5 Å². The van der Waals surface area contributed by atoms with E-state index in [1.165, 1.54) is 0 Å². The Bertz CT molecular complexity index is 1500. The van der Waals surface area contributed by atoms with Gasteiger partial charge in [0.1, 0.15) is 5.75 Å². The maximum Gasteiger partial charge on any atom is 0.231 e. The van der Waals surface area contributed by atoms with Crippen LogP contribution in [0.2, 0.25) is 0 Å². The Balaban J connectivity index is 1.64. The average molecular weight is 456 g/mol. The minimum Gasteiger partial charge on any atom is -0.497 e. The molecular weight excluding hydrogens is 434 g/mol. The number of benzene rings is 3. The number of fused-ring (bicyclic) bond motifs is 2. The Morgan fingerprint density at radius 2 is 1.70 bits per heavy atom. The molecule has 2 aromatic heterocycles. The summed E-state index contributed by atoms with van der Waals surface area (Å²) >= 11 is 5.53. The van der Waals surface area contributed by atoms with Crippen molar-refractivity contribution < 1.29 is 13.9 Å². The largest absolute Gasteiger partial charge is 0.497 e. The van der Waals surface area contributed by atoms with Crippen LogP contribution in [0.15, 0.2) is 88.3 Å². The zero-order chi connectivity index (χ0) is 22.8. The summed E-state index contributed by atoms with van der Waals surface area (Å²) < 4.78 is 17.0. The van der Waals surface area contributed by atoms with E-state index in [1.807, 2.05) is 66.7 Å². The van der Waals surface area contributed by atoms with Gasteiger partial charge >= 0.3 is 0 Å². The molecule has 0 aliphatic carbocycles. The van der Waals surface area contributed by atoms with E-state index in [0.29, 0.717) is 16.9 Å². The highest BCUT2D eigenvalue weighted by Crippen LogP contribution is 2.29. The molecule has 0 spiro atoms. The van der Waals surface area contributed by atoms with Gasteiger partial charge in [0.15, 0.2) is 11.3 Å². The van der Waals surface area contributed by atoms with Gasteiger partial charge in [-0.2, -0.15) is 4.99 Å².